The van der Waals surface area contributed by atoms with Crippen molar-refractivity contribution in [3.05, 3.63) is 71.2 Å². The maximum absolute atomic E-state index is 12.5. The van der Waals surface area contributed by atoms with Crippen molar-refractivity contribution in [1.29, 1.82) is 0 Å². The van der Waals surface area contributed by atoms with Crippen molar-refractivity contribution in [1.82, 2.24) is 14.4 Å². The summed E-state index contributed by atoms with van der Waals surface area (Å²) in [6, 6.07) is 8.10. The van der Waals surface area contributed by atoms with Crippen molar-refractivity contribution in [2.45, 2.75) is 6.92 Å². The largest absolute Gasteiger partial charge is 0.504 e. The Morgan fingerprint density at radius 2 is 2.15 bits per heavy atom. The van der Waals surface area contributed by atoms with E-state index in [2.05, 4.69) is 15.3 Å². The standard InChI is InChI=1S/C18H16N4O4/c1-2-26-18(25)12(13-6-3-4-8-19-13)10-20-14-11-21-16-15(23)7-5-9-22(16)17(14)24/h3-11,20,23H,2H2,1H3/b12-10-. The highest BCUT2D eigenvalue weighted by atomic mass is 16.5. The predicted octanol–water partition coefficient (Wildman–Crippen LogP) is 1.81. The van der Waals surface area contributed by atoms with Crippen molar-refractivity contribution in [3.63, 3.8) is 0 Å². The van der Waals surface area contributed by atoms with E-state index in [1.807, 2.05) is 0 Å². The summed E-state index contributed by atoms with van der Waals surface area (Å²) < 4.78 is 6.25. The van der Waals surface area contributed by atoms with E-state index in [1.54, 1.807) is 31.3 Å². The molecule has 2 N–H and O–H groups in total. The Morgan fingerprint density at radius 1 is 1.31 bits per heavy atom. The van der Waals surface area contributed by atoms with Crippen molar-refractivity contribution in [2.24, 2.45) is 0 Å². The zero-order chi connectivity index (χ0) is 18.5. The van der Waals surface area contributed by atoms with E-state index in [-0.39, 0.29) is 29.3 Å². The number of hydrogen-bond donors (Lipinski definition) is 2. The van der Waals surface area contributed by atoms with E-state index < -0.39 is 11.5 Å². The number of nitrogens with zero attached hydrogens (tertiary/aromatic N) is 3. The maximum atomic E-state index is 12.5. The van der Waals surface area contributed by atoms with Crippen LogP contribution in [0.5, 0.6) is 5.75 Å². The summed E-state index contributed by atoms with van der Waals surface area (Å²) >= 11 is 0. The minimum absolute atomic E-state index is 0.104. The second kappa shape index (κ2) is 7.47. The Hall–Kier alpha value is -3.68. The number of nitrogens with one attached hydrogen (secondary N) is 1. The first-order valence-electron chi connectivity index (χ1n) is 7.86. The van der Waals surface area contributed by atoms with Gasteiger partial charge in [-0.1, -0.05) is 6.07 Å². The zero-order valence-electron chi connectivity index (χ0n) is 13.9. The molecule has 3 aromatic rings. The number of aromatic hydroxyl groups is 1. The monoisotopic (exact) mass is 352 g/mol. The van der Waals surface area contributed by atoms with E-state index in [4.69, 9.17) is 4.74 Å². The van der Waals surface area contributed by atoms with Crippen LogP contribution in [-0.4, -0.2) is 32.1 Å². The van der Waals surface area contributed by atoms with Gasteiger partial charge in [-0.3, -0.25) is 14.2 Å². The first-order chi connectivity index (χ1) is 12.6. The molecule has 0 fully saturated rings. The van der Waals surface area contributed by atoms with Gasteiger partial charge in [0.2, 0.25) is 0 Å². The molecule has 132 valence electrons. The summed E-state index contributed by atoms with van der Waals surface area (Å²) in [4.78, 5) is 32.9. The molecule has 0 unspecified atom stereocenters. The fourth-order valence-electron chi connectivity index (χ4n) is 2.31. The molecular formula is C18H16N4O4. The molecule has 0 aliphatic rings. The van der Waals surface area contributed by atoms with Gasteiger partial charge in [0.05, 0.1) is 18.5 Å². The van der Waals surface area contributed by atoms with E-state index in [9.17, 15) is 14.7 Å². The molecule has 0 bridgehead atoms. The van der Waals surface area contributed by atoms with Crippen LogP contribution >= 0.6 is 0 Å². The Kier molecular flexibility index (Phi) is 4.93. The molecule has 0 amide bonds. The minimum atomic E-state index is -0.565. The zero-order valence-corrected chi connectivity index (χ0v) is 13.9. The highest BCUT2D eigenvalue weighted by molar-refractivity contribution is 6.16. The minimum Gasteiger partial charge on any atom is -0.504 e. The summed E-state index contributed by atoms with van der Waals surface area (Å²) in [6.45, 7) is 1.91. The molecule has 0 aromatic carbocycles. The fourth-order valence-corrected chi connectivity index (χ4v) is 2.31. The number of esters is 1. The summed E-state index contributed by atoms with van der Waals surface area (Å²) in [5, 5.41) is 12.5. The number of rotatable bonds is 5. The highest BCUT2D eigenvalue weighted by Gasteiger charge is 2.15. The van der Waals surface area contributed by atoms with Gasteiger partial charge in [-0.25, -0.2) is 9.78 Å². The van der Waals surface area contributed by atoms with Crippen LogP contribution in [0.2, 0.25) is 0 Å². The molecule has 0 saturated heterocycles. The molecule has 0 radical (unpaired) electrons. The second-order valence-electron chi connectivity index (χ2n) is 5.20. The van der Waals surface area contributed by atoms with Gasteiger partial charge < -0.3 is 15.2 Å². The average Bonchev–Trinajstić information content (AvgIpc) is 2.65. The van der Waals surface area contributed by atoms with Crippen LogP contribution in [0.25, 0.3) is 11.2 Å². The van der Waals surface area contributed by atoms with Gasteiger partial charge in [-0.15, -0.1) is 0 Å². The second-order valence-corrected chi connectivity index (χ2v) is 5.20. The van der Waals surface area contributed by atoms with Crippen LogP contribution in [0.4, 0.5) is 5.69 Å². The van der Waals surface area contributed by atoms with E-state index in [0.29, 0.717) is 5.69 Å². The average molecular weight is 352 g/mol. The smallest absolute Gasteiger partial charge is 0.341 e. The fraction of sp³-hybridized carbons (Fsp3) is 0.111. The lowest BCUT2D eigenvalue weighted by Crippen LogP contribution is -2.18. The lowest BCUT2D eigenvalue weighted by molar-refractivity contribution is -0.136. The molecule has 26 heavy (non-hydrogen) atoms. The van der Waals surface area contributed by atoms with E-state index in [0.717, 1.165) is 0 Å². The van der Waals surface area contributed by atoms with E-state index >= 15 is 0 Å². The van der Waals surface area contributed by atoms with Crippen molar-refractivity contribution < 1.29 is 14.6 Å². The predicted molar refractivity (Wildman–Crippen MR) is 95.6 cm³/mol. The van der Waals surface area contributed by atoms with Crippen LogP contribution in [0, 0.1) is 0 Å². The maximum Gasteiger partial charge on any atom is 0.341 e. The molecular weight excluding hydrogens is 336 g/mol. The van der Waals surface area contributed by atoms with Crippen molar-refractivity contribution >= 4 is 22.9 Å². The van der Waals surface area contributed by atoms with Crippen molar-refractivity contribution in [3.8, 4) is 5.75 Å². The lowest BCUT2D eigenvalue weighted by atomic mass is 10.2. The number of carbonyl (C=O) groups is 1. The molecule has 3 aromatic heterocycles. The van der Waals surface area contributed by atoms with Crippen LogP contribution in [-0.2, 0) is 9.53 Å². The van der Waals surface area contributed by atoms with Gasteiger partial charge in [-0.05, 0) is 31.2 Å². The van der Waals surface area contributed by atoms with Gasteiger partial charge >= 0.3 is 5.97 Å². The SMILES string of the molecule is CCOC(=O)/C(=C\Nc1cnc2c(O)cccn2c1=O)c1ccccn1. The quantitative estimate of drug-likeness (QED) is 0.533. The van der Waals surface area contributed by atoms with Gasteiger partial charge in [0.15, 0.2) is 11.4 Å². The lowest BCUT2D eigenvalue weighted by Gasteiger charge is -2.08. The number of anilines is 1. The number of aromatic nitrogens is 3. The molecule has 8 heteroatoms. The summed E-state index contributed by atoms with van der Waals surface area (Å²) in [7, 11) is 0. The Morgan fingerprint density at radius 3 is 2.88 bits per heavy atom. The molecule has 0 saturated carbocycles. The third kappa shape index (κ3) is 3.39. The Labute approximate surface area is 148 Å². The molecule has 3 heterocycles. The molecule has 3 rings (SSSR count). The van der Waals surface area contributed by atoms with Crippen molar-refractivity contribution in [2.75, 3.05) is 11.9 Å². The van der Waals surface area contributed by atoms with Gasteiger partial charge in [0.25, 0.3) is 5.56 Å². The summed E-state index contributed by atoms with van der Waals surface area (Å²) in [5.74, 6) is -0.669. The number of ether oxygens (including phenoxy) is 1. The molecule has 8 nitrogen and oxygen atoms in total. The molecule has 0 aliphatic carbocycles. The first-order valence-corrected chi connectivity index (χ1v) is 7.86. The van der Waals surface area contributed by atoms with Gasteiger partial charge in [0.1, 0.15) is 11.3 Å². The van der Waals surface area contributed by atoms with Crippen LogP contribution in [0.15, 0.2) is 59.9 Å². The first kappa shape index (κ1) is 17.2. The Balaban J connectivity index is 2.00. The Bertz CT molecular complexity index is 1030. The summed E-state index contributed by atoms with van der Waals surface area (Å²) in [6.07, 6.45) is 5.69. The number of pyridine rings is 2. The van der Waals surface area contributed by atoms with Crippen LogP contribution < -0.4 is 10.9 Å². The summed E-state index contributed by atoms with van der Waals surface area (Å²) in [5.41, 5.74) is 0.428. The number of carbonyl (C=O) groups excluding carboxylic acids is 1. The van der Waals surface area contributed by atoms with Crippen LogP contribution in [0.1, 0.15) is 12.6 Å². The van der Waals surface area contributed by atoms with Gasteiger partial charge in [0, 0.05) is 18.6 Å². The third-order valence-corrected chi connectivity index (χ3v) is 3.52. The van der Waals surface area contributed by atoms with Crippen LogP contribution in [0.3, 0.4) is 0 Å². The third-order valence-electron chi connectivity index (χ3n) is 3.52. The topological polar surface area (TPSA) is 106 Å². The highest BCUT2D eigenvalue weighted by Crippen LogP contribution is 2.16. The number of hydrogen-bond acceptors (Lipinski definition) is 7. The molecule has 0 atom stereocenters. The molecule has 0 aliphatic heterocycles. The normalized spacial score (nSPS) is 11.3. The molecule has 0 spiro atoms. The van der Waals surface area contributed by atoms with Gasteiger partial charge in [-0.2, -0.15) is 0 Å². The van der Waals surface area contributed by atoms with E-state index in [1.165, 1.54) is 35.1 Å². The number of fused-ring (bicyclic) bond motifs is 1.